The largest absolute Gasteiger partial charge is 0.330 e. The van der Waals surface area contributed by atoms with Gasteiger partial charge in [-0.2, -0.15) is 0 Å². The molecule has 1 aliphatic heterocycles. The Bertz CT molecular complexity index is 323. The Hall–Kier alpha value is -0.380. The zero-order valence-corrected chi connectivity index (χ0v) is 10.6. The predicted molar refractivity (Wildman–Crippen MR) is 66.9 cm³/mol. The Kier molecular flexibility index (Phi) is 3.44. The van der Waals surface area contributed by atoms with Crippen LogP contribution in [0.4, 0.5) is 0 Å². The second-order valence-electron chi connectivity index (χ2n) is 4.38. The number of likely N-dealkylation sites (tertiary alicyclic amines) is 1. The van der Waals surface area contributed by atoms with E-state index in [4.69, 9.17) is 5.73 Å². The highest BCUT2D eigenvalue weighted by Crippen LogP contribution is 2.31. The first-order valence-corrected chi connectivity index (χ1v) is 6.14. The summed E-state index contributed by atoms with van der Waals surface area (Å²) in [6, 6.07) is 8.63. The molecule has 0 bridgehead atoms. The van der Waals surface area contributed by atoms with E-state index in [2.05, 4.69) is 52.1 Å². The van der Waals surface area contributed by atoms with Crippen LogP contribution in [0.1, 0.15) is 11.5 Å². The van der Waals surface area contributed by atoms with Crippen LogP contribution in [0.5, 0.6) is 0 Å². The number of benzene rings is 1. The van der Waals surface area contributed by atoms with Crippen LogP contribution >= 0.6 is 15.9 Å². The average Bonchev–Trinajstić information content (AvgIpc) is 2.61. The first-order chi connectivity index (χ1) is 7.20. The summed E-state index contributed by atoms with van der Waals surface area (Å²) < 4.78 is 1.14. The van der Waals surface area contributed by atoms with Crippen molar-refractivity contribution in [3.8, 4) is 0 Å². The molecule has 2 rings (SSSR count). The number of nitrogens with two attached hydrogens (primary N) is 1. The first-order valence-electron chi connectivity index (χ1n) is 5.35. The van der Waals surface area contributed by atoms with Gasteiger partial charge in [0.1, 0.15) is 0 Å². The summed E-state index contributed by atoms with van der Waals surface area (Å²) >= 11 is 3.46. The van der Waals surface area contributed by atoms with Gasteiger partial charge in [0.25, 0.3) is 0 Å². The zero-order chi connectivity index (χ0) is 10.8. The Balaban J connectivity index is 2.19. The number of hydrogen-bond acceptors (Lipinski definition) is 2. The minimum absolute atomic E-state index is 0.605. The van der Waals surface area contributed by atoms with Crippen molar-refractivity contribution in [1.82, 2.24) is 4.90 Å². The quantitative estimate of drug-likeness (QED) is 0.890. The van der Waals surface area contributed by atoms with Crippen LogP contribution in [0, 0.1) is 5.92 Å². The molecule has 2 atom stereocenters. The number of halogens is 1. The second kappa shape index (κ2) is 4.64. The fourth-order valence-corrected chi connectivity index (χ4v) is 2.68. The number of hydrogen-bond donors (Lipinski definition) is 1. The van der Waals surface area contributed by atoms with Gasteiger partial charge < -0.3 is 10.6 Å². The van der Waals surface area contributed by atoms with E-state index in [-0.39, 0.29) is 0 Å². The minimum Gasteiger partial charge on any atom is -0.330 e. The molecule has 3 heteroatoms. The smallest absolute Gasteiger partial charge is 0.0175 e. The monoisotopic (exact) mass is 268 g/mol. The summed E-state index contributed by atoms with van der Waals surface area (Å²) in [6.45, 7) is 3.03. The summed E-state index contributed by atoms with van der Waals surface area (Å²) in [7, 11) is 2.17. The van der Waals surface area contributed by atoms with E-state index in [1.54, 1.807) is 0 Å². The van der Waals surface area contributed by atoms with Crippen molar-refractivity contribution in [2.24, 2.45) is 11.7 Å². The Labute approximate surface area is 99.6 Å². The van der Waals surface area contributed by atoms with Crippen LogP contribution in [-0.2, 0) is 0 Å². The lowest BCUT2D eigenvalue weighted by molar-refractivity contribution is 0.397. The summed E-state index contributed by atoms with van der Waals surface area (Å²) in [4.78, 5) is 2.37. The molecule has 15 heavy (non-hydrogen) atoms. The Morgan fingerprint density at radius 1 is 1.33 bits per heavy atom. The molecule has 1 saturated heterocycles. The van der Waals surface area contributed by atoms with Gasteiger partial charge in [0, 0.05) is 23.5 Å². The molecule has 82 valence electrons. The number of likely N-dealkylation sites (N-methyl/N-ethyl adjacent to an activating group) is 1. The molecule has 0 aromatic heterocycles. The van der Waals surface area contributed by atoms with Crippen LogP contribution < -0.4 is 5.73 Å². The summed E-state index contributed by atoms with van der Waals surface area (Å²) in [5, 5.41) is 0. The molecule has 0 saturated carbocycles. The van der Waals surface area contributed by atoms with E-state index >= 15 is 0 Å². The molecule has 0 spiro atoms. The normalized spacial score (nSPS) is 27.1. The van der Waals surface area contributed by atoms with E-state index < -0.39 is 0 Å². The predicted octanol–water partition coefficient (Wildman–Crippen LogP) is 2.05. The van der Waals surface area contributed by atoms with Crippen LogP contribution in [0.2, 0.25) is 0 Å². The lowest BCUT2D eigenvalue weighted by Crippen LogP contribution is -2.21. The van der Waals surface area contributed by atoms with E-state index in [1.165, 1.54) is 5.56 Å². The molecule has 0 unspecified atom stereocenters. The molecule has 0 aliphatic carbocycles. The molecule has 1 aliphatic rings. The fourth-order valence-electron chi connectivity index (χ4n) is 2.41. The first kappa shape index (κ1) is 11.1. The maximum atomic E-state index is 5.82. The van der Waals surface area contributed by atoms with Gasteiger partial charge in [0.15, 0.2) is 0 Å². The van der Waals surface area contributed by atoms with Gasteiger partial charge in [-0.3, -0.25) is 0 Å². The van der Waals surface area contributed by atoms with Crippen LogP contribution in [0.3, 0.4) is 0 Å². The summed E-state index contributed by atoms with van der Waals surface area (Å²) in [6.07, 6.45) is 0. The highest BCUT2D eigenvalue weighted by atomic mass is 79.9. The van der Waals surface area contributed by atoms with Crippen molar-refractivity contribution in [2.45, 2.75) is 5.92 Å². The van der Waals surface area contributed by atoms with Gasteiger partial charge in [0.2, 0.25) is 0 Å². The van der Waals surface area contributed by atoms with E-state index in [0.717, 1.165) is 24.1 Å². The van der Waals surface area contributed by atoms with Crippen LogP contribution in [-0.4, -0.2) is 31.6 Å². The molecule has 0 amide bonds. The second-order valence-corrected chi connectivity index (χ2v) is 5.29. The topological polar surface area (TPSA) is 29.3 Å². The molecule has 1 aromatic carbocycles. The highest BCUT2D eigenvalue weighted by Gasteiger charge is 2.30. The van der Waals surface area contributed by atoms with Crippen molar-refractivity contribution in [2.75, 3.05) is 26.7 Å². The van der Waals surface area contributed by atoms with Crippen molar-refractivity contribution in [3.05, 3.63) is 34.3 Å². The maximum absolute atomic E-state index is 5.82. The van der Waals surface area contributed by atoms with Crippen molar-refractivity contribution in [3.63, 3.8) is 0 Å². The molecular weight excluding hydrogens is 252 g/mol. The van der Waals surface area contributed by atoms with Crippen molar-refractivity contribution in [1.29, 1.82) is 0 Å². The van der Waals surface area contributed by atoms with Gasteiger partial charge >= 0.3 is 0 Å². The zero-order valence-electron chi connectivity index (χ0n) is 8.99. The molecule has 2 N–H and O–H groups in total. The lowest BCUT2D eigenvalue weighted by atomic mass is 9.89. The van der Waals surface area contributed by atoms with Gasteiger partial charge in [0.05, 0.1) is 0 Å². The Morgan fingerprint density at radius 2 is 2.00 bits per heavy atom. The van der Waals surface area contributed by atoms with Gasteiger partial charge in [-0.15, -0.1) is 0 Å². The lowest BCUT2D eigenvalue weighted by Gasteiger charge is -2.16. The average molecular weight is 269 g/mol. The third-order valence-corrected chi connectivity index (χ3v) is 3.75. The Morgan fingerprint density at radius 3 is 2.60 bits per heavy atom. The molecule has 2 nitrogen and oxygen atoms in total. The SMILES string of the molecule is CN1C[C@@H](CN)[C@@H](c2ccc(Br)cc2)C1. The van der Waals surface area contributed by atoms with Gasteiger partial charge in [-0.05, 0) is 37.2 Å². The highest BCUT2D eigenvalue weighted by molar-refractivity contribution is 9.10. The number of rotatable bonds is 2. The van der Waals surface area contributed by atoms with Crippen LogP contribution in [0.15, 0.2) is 28.7 Å². The van der Waals surface area contributed by atoms with Crippen molar-refractivity contribution < 1.29 is 0 Å². The fraction of sp³-hybridized carbons (Fsp3) is 0.500. The van der Waals surface area contributed by atoms with Crippen LogP contribution in [0.25, 0.3) is 0 Å². The molecular formula is C12H17BrN2. The third kappa shape index (κ3) is 2.41. The third-order valence-electron chi connectivity index (χ3n) is 3.22. The standard InChI is InChI=1S/C12H17BrN2/c1-15-7-10(6-14)12(8-15)9-2-4-11(13)5-3-9/h2-5,10,12H,6-8,14H2,1H3/t10-,12-/m1/s1. The molecule has 1 fully saturated rings. The summed E-state index contributed by atoms with van der Waals surface area (Å²) in [5.41, 5.74) is 7.23. The van der Waals surface area contributed by atoms with Gasteiger partial charge in [-0.25, -0.2) is 0 Å². The van der Waals surface area contributed by atoms with E-state index in [9.17, 15) is 0 Å². The molecule has 1 aromatic rings. The van der Waals surface area contributed by atoms with Gasteiger partial charge in [-0.1, -0.05) is 28.1 Å². The number of nitrogens with zero attached hydrogens (tertiary/aromatic N) is 1. The van der Waals surface area contributed by atoms with E-state index in [0.29, 0.717) is 11.8 Å². The summed E-state index contributed by atoms with van der Waals surface area (Å²) in [5.74, 6) is 1.21. The molecule has 1 heterocycles. The van der Waals surface area contributed by atoms with Crippen molar-refractivity contribution >= 4 is 15.9 Å². The maximum Gasteiger partial charge on any atom is 0.0175 e. The minimum atomic E-state index is 0.605. The van der Waals surface area contributed by atoms with E-state index in [1.807, 2.05) is 0 Å². The molecule has 0 radical (unpaired) electrons.